The number of hydrogen-bond donors (Lipinski definition) is 0. The molecule has 2 rings (SSSR count). The molecule has 0 radical (unpaired) electrons. The molecule has 0 spiro atoms. The van der Waals surface area contributed by atoms with Gasteiger partial charge < -0.3 is 0 Å². The van der Waals surface area contributed by atoms with E-state index in [0.29, 0.717) is 0 Å². The van der Waals surface area contributed by atoms with E-state index in [9.17, 15) is 0 Å². The molecule has 2 heterocycles. The Balaban J connectivity index is 2.76. The molecular formula is C10H12BrN3. The summed E-state index contributed by atoms with van der Waals surface area (Å²) in [6.45, 7) is 6.41. The van der Waals surface area contributed by atoms with Crippen LogP contribution in [0.4, 0.5) is 0 Å². The lowest BCUT2D eigenvalue weighted by atomic mass is 9.91. The highest BCUT2D eigenvalue weighted by Crippen LogP contribution is 2.25. The molecule has 0 saturated carbocycles. The van der Waals surface area contributed by atoms with Crippen molar-refractivity contribution < 1.29 is 0 Å². The Kier molecular flexibility index (Phi) is 2.10. The van der Waals surface area contributed by atoms with Crippen molar-refractivity contribution in [1.29, 1.82) is 0 Å². The number of fused-ring (bicyclic) bond motifs is 1. The van der Waals surface area contributed by atoms with Gasteiger partial charge in [0.05, 0.1) is 11.2 Å². The fraction of sp³-hybridized carbons (Fsp3) is 0.400. The maximum atomic E-state index is 4.21. The van der Waals surface area contributed by atoms with Gasteiger partial charge in [-0.3, -0.25) is 0 Å². The summed E-state index contributed by atoms with van der Waals surface area (Å²) >= 11 is 3.44. The monoisotopic (exact) mass is 253 g/mol. The maximum absolute atomic E-state index is 4.21. The van der Waals surface area contributed by atoms with E-state index in [1.807, 2.05) is 18.2 Å². The molecule has 4 heteroatoms. The molecule has 14 heavy (non-hydrogen) atoms. The SMILES string of the molecule is CC(C)(C)c1nnn2c(Br)cccc12. The molecule has 74 valence electrons. The van der Waals surface area contributed by atoms with Crippen molar-refractivity contribution >= 4 is 21.4 Å². The lowest BCUT2D eigenvalue weighted by molar-refractivity contribution is 0.570. The summed E-state index contributed by atoms with van der Waals surface area (Å²) in [5, 5.41) is 8.31. The lowest BCUT2D eigenvalue weighted by Gasteiger charge is -2.14. The quantitative estimate of drug-likeness (QED) is 0.676. The summed E-state index contributed by atoms with van der Waals surface area (Å²) in [6, 6.07) is 5.98. The number of nitrogens with zero attached hydrogens (tertiary/aromatic N) is 3. The van der Waals surface area contributed by atoms with E-state index in [-0.39, 0.29) is 5.41 Å². The number of aromatic nitrogens is 3. The summed E-state index contributed by atoms with van der Waals surface area (Å²) in [6.07, 6.45) is 0. The van der Waals surface area contributed by atoms with Crippen molar-refractivity contribution in [3.63, 3.8) is 0 Å². The van der Waals surface area contributed by atoms with Crippen molar-refractivity contribution in [2.75, 3.05) is 0 Å². The van der Waals surface area contributed by atoms with E-state index in [1.165, 1.54) is 0 Å². The number of rotatable bonds is 0. The minimum atomic E-state index is 0.0303. The molecule has 2 aromatic heterocycles. The Labute approximate surface area is 91.3 Å². The third kappa shape index (κ3) is 1.43. The molecule has 0 saturated heterocycles. The van der Waals surface area contributed by atoms with Crippen LogP contribution < -0.4 is 0 Å². The Bertz CT molecular complexity index is 468. The Morgan fingerprint density at radius 3 is 2.64 bits per heavy atom. The standard InChI is InChI=1S/C10H12BrN3/c1-10(2,3)9-7-5-4-6-8(11)14(7)13-12-9/h4-6H,1-3H3. The molecule has 0 aliphatic heterocycles. The average molecular weight is 254 g/mol. The first-order valence-electron chi connectivity index (χ1n) is 4.50. The molecule has 3 nitrogen and oxygen atoms in total. The molecule has 0 fully saturated rings. The molecule has 0 unspecified atom stereocenters. The Hall–Kier alpha value is -0.900. The smallest absolute Gasteiger partial charge is 0.110 e. The molecule has 0 amide bonds. The van der Waals surface area contributed by atoms with E-state index in [0.717, 1.165) is 15.8 Å². The van der Waals surface area contributed by atoms with Crippen LogP contribution in [0.25, 0.3) is 5.52 Å². The average Bonchev–Trinajstić information content (AvgIpc) is 2.47. The van der Waals surface area contributed by atoms with Crippen LogP contribution in [-0.4, -0.2) is 14.8 Å². The first-order chi connectivity index (χ1) is 6.50. The third-order valence-corrected chi connectivity index (χ3v) is 2.71. The van der Waals surface area contributed by atoms with Crippen molar-refractivity contribution in [2.45, 2.75) is 26.2 Å². The topological polar surface area (TPSA) is 30.2 Å². The summed E-state index contributed by atoms with van der Waals surface area (Å²) in [4.78, 5) is 0. The van der Waals surface area contributed by atoms with Crippen molar-refractivity contribution in [3.8, 4) is 0 Å². The highest BCUT2D eigenvalue weighted by Gasteiger charge is 2.21. The van der Waals surface area contributed by atoms with Gasteiger partial charge >= 0.3 is 0 Å². The van der Waals surface area contributed by atoms with Gasteiger partial charge in [0.1, 0.15) is 4.60 Å². The summed E-state index contributed by atoms with van der Waals surface area (Å²) in [5.41, 5.74) is 2.12. The molecule has 2 aromatic rings. The second kappa shape index (κ2) is 3.05. The highest BCUT2D eigenvalue weighted by molar-refractivity contribution is 9.10. The number of halogens is 1. The fourth-order valence-electron chi connectivity index (χ4n) is 1.42. The van der Waals surface area contributed by atoms with E-state index < -0.39 is 0 Å². The van der Waals surface area contributed by atoms with E-state index in [2.05, 4.69) is 47.0 Å². The predicted molar refractivity (Wildman–Crippen MR) is 59.4 cm³/mol. The van der Waals surface area contributed by atoms with Gasteiger partial charge in [-0.2, -0.15) is 0 Å². The van der Waals surface area contributed by atoms with Crippen LogP contribution in [0.3, 0.4) is 0 Å². The van der Waals surface area contributed by atoms with Gasteiger partial charge in [0.25, 0.3) is 0 Å². The number of hydrogen-bond acceptors (Lipinski definition) is 2. The van der Waals surface area contributed by atoms with Crippen LogP contribution in [-0.2, 0) is 5.41 Å². The predicted octanol–water partition coefficient (Wildman–Crippen LogP) is 2.79. The molecule has 0 aromatic carbocycles. The van der Waals surface area contributed by atoms with Crippen LogP contribution in [0.2, 0.25) is 0 Å². The van der Waals surface area contributed by atoms with Gasteiger partial charge in [-0.1, -0.05) is 32.1 Å². The molecule has 0 aliphatic carbocycles. The third-order valence-electron chi connectivity index (χ3n) is 2.11. The Morgan fingerprint density at radius 2 is 2.00 bits per heavy atom. The van der Waals surface area contributed by atoms with Crippen molar-refractivity contribution in [3.05, 3.63) is 28.5 Å². The second-order valence-corrected chi connectivity index (χ2v) is 5.15. The Morgan fingerprint density at radius 1 is 1.29 bits per heavy atom. The van der Waals surface area contributed by atoms with Gasteiger partial charge in [-0.05, 0) is 28.1 Å². The van der Waals surface area contributed by atoms with Gasteiger partial charge in [0, 0.05) is 5.41 Å². The van der Waals surface area contributed by atoms with Crippen molar-refractivity contribution in [1.82, 2.24) is 14.8 Å². The highest BCUT2D eigenvalue weighted by atomic mass is 79.9. The van der Waals surface area contributed by atoms with Gasteiger partial charge in [0.2, 0.25) is 0 Å². The zero-order chi connectivity index (χ0) is 10.3. The molecule has 0 atom stereocenters. The molecule has 0 N–H and O–H groups in total. The lowest BCUT2D eigenvalue weighted by Crippen LogP contribution is -2.12. The minimum Gasteiger partial charge on any atom is -0.206 e. The number of pyridine rings is 1. The first-order valence-corrected chi connectivity index (χ1v) is 5.30. The van der Waals surface area contributed by atoms with Crippen LogP contribution in [0.15, 0.2) is 22.8 Å². The largest absolute Gasteiger partial charge is 0.206 e. The van der Waals surface area contributed by atoms with Gasteiger partial charge in [-0.15, -0.1) is 5.10 Å². The zero-order valence-electron chi connectivity index (χ0n) is 8.45. The second-order valence-electron chi connectivity index (χ2n) is 4.33. The summed E-state index contributed by atoms with van der Waals surface area (Å²) in [5.74, 6) is 0. The molecule has 0 aliphatic rings. The van der Waals surface area contributed by atoms with Crippen molar-refractivity contribution in [2.24, 2.45) is 0 Å². The molecular weight excluding hydrogens is 242 g/mol. The van der Waals surface area contributed by atoms with Crippen LogP contribution >= 0.6 is 15.9 Å². The summed E-state index contributed by atoms with van der Waals surface area (Å²) < 4.78 is 2.73. The fourth-order valence-corrected chi connectivity index (χ4v) is 1.83. The van der Waals surface area contributed by atoms with Crippen LogP contribution in [0.5, 0.6) is 0 Å². The van der Waals surface area contributed by atoms with Gasteiger partial charge in [0.15, 0.2) is 0 Å². The van der Waals surface area contributed by atoms with E-state index in [1.54, 1.807) is 4.52 Å². The maximum Gasteiger partial charge on any atom is 0.110 e. The van der Waals surface area contributed by atoms with Crippen LogP contribution in [0.1, 0.15) is 26.5 Å². The summed E-state index contributed by atoms with van der Waals surface area (Å²) in [7, 11) is 0. The zero-order valence-corrected chi connectivity index (χ0v) is 10.0. The molecule has 0 bridgehead atoms. The van der Waals surface area contributed by atoms with Gasteiger partial charge in [-0.25, -0.2) is 4.52 Å². The van der Waals surface area contributed by atoms with E-state index >= 15 is 0 Å². The normalized spacial score (nSPS) is 12.3. The van der Waals surface area contributed by atoms with E-state index in [4.69, 9.17) is 0 Å². The minimum absolute atomic E-state index is 0.0303. The first kappa shape index (κ1) is 9.65. The van der Waals surface area contributed by atoms with Crippen LogP contribution in [0, 0.1) is 0 Å².